The summed E-state index contributed by atoms with van der Waals surface area (Å²) in [6, 6.07) is 0.238. The molecular weight excluding hydrogens is 217 g/mol. The van der Waals surface area contributed by atoms with Crippen molar-refractivity contribution in [3.63, 3.8) is 0 Å². The van der Waals surface area contributed by atoms with Gasteiger partial charge in [-0.05, 0) is 0 Å². The van der Waals surface area contributed by atoms with E-state index < -0.39 is 33.7 Å². The molecule has 1 aromatic carbocycles. The van der Waals surface area contributed by atoms with Crippen LogP contribution in [0.25, 0.3) is 0 Å². The van der Waals surface area contributed by atoms with Crippen LogP contribution in [0.4, 0.5) is 24.5 Å². The lowest BCUT2D eigenvalue weighted by atomic mass is 10.2. The van der Waals surface area contributed by atoms with Gasteiger partial charge in [-0.3, -0.25) is 10.1 Å². The van der Waals surface area contributed by atoms with E-state index in [1.54, 1.807) is 0 Å². The first-order valence-corrected chi connectivity index (χ1v) is 3.38. The zero-order valence-corrected chi connectivity index (χ0v) is 6.83. The molecule has 0 spiro atoms. The molecule has 8 heteroatoms. The molecule has 1 rings (SSSR count). The van der Waals surface area contributed by atoms with Crippen LogP contribution in [0.15, 0.2) is 11.1 Å². The van der Waals surface area contributed by atoms with Gasteiger partial charge in [0, 0.05) is 6.07 Å². The molecule has 0 aromatic heterocycles. The Hall–Kier alpha value is -2.21. The van der Waals surface area contributed by atoms with Crippen molar-refractivity contribution in [2.45, 2.75) is 0 Å². The van der Waals surface area contributed by atoms with E-state index in [0.29, 0.717) is 0 Å². The molecule has 0 atom stereocenters. The van der Waals surface area contributed by atoms with Gasteiger partial charge in [0.25, 0.3) is 0 Å². The summed E-state index contributed by atoms with van der Waals surface area (Å²) >= 11 is 0. The number of aliphatic imine (C=N–C) groups is 1. The molecule has 0 N–H and O–H groups in total. The Balaban J connectivity index is 3.65. The largest absolute Gasteiger partial charge is 0.334 e. The predicted octanol–water partition coefficient (Wildman–Crippen LogP) is 1.98. The van der Waals surface area contributed by atoms with Crippen LogP contribution in [-0.2, 0) is 4.79 Å². The number of isocyanates is 1. The van der Waals surface area contributed by atoms with Crippen LogP contribution in [0.1, 0.15) is 0 Å². The third-order valence-corrected chi connectivity index (χ3v) is 1.47. The third kappa shape index (κ3) is 1.84. The van der Waals surface area contributed by atoms with Crippen molar-refractivity contribution >= 4 is 17.5 Å². The highest BCUT2D eigenvalue weighted by Gasteiger charge is 2.27. The van der Waals surface area contributed by atoms with Gasteiger partial charge in [-0.2, -0.15) is 9.38 Å². The van der Waals surface area contributed by atoms with Crippen LogP contribution in [-0.4, -0.2) is 11.0 Å². The molecule has 15 heavy (non-hydrogen) atoms. The molecular formula is C7HF3N2O3. The Bertz CT molecular complexity index is 483. The summed E-state index contributed by atoms with van der Waals surface area (Å²) < 4.78 is 38.0. The van der Waals surface area contributed by atoms with Crippen molar-refractivity contribution in [1.82, 2.24) is 0 Å². The third-order valence-electron chi connectivity index (χ3n) is 1.47. The van der Waals surface area contributed by atoms with Gasteiger partial charge in [0.05, 0.1) is 4.92 Å². The van der Waals surface area contributed by atoms with E-state index in [-0.39, 0.29) is 6.07 Å². The van der Waals surface area contributed by atoms with Crippen LogP contribution >= 0.6 is 0 Å². The molecule has 0 fully saturated rings. The van der Waals surface area contributed by atoms with Crippen molar-refractivity contribution in [2.24, 2.45) is 4.99 Å². The van der Waals surface area contributed by atoms with Gasteiger partial charge in [0.1, 0.15) is 0 Å². The number of halogens is 3. The van der Waals surface area contributed by atoms with E-state index in [9.17, 15) is 28.1 Å². The summed E-state index contributed by atoms with van der Waals surface area (Å²) in [5.74, 6) is -5.67. The molecule has 0 saturated carbocycles. The number of hydrogen-bond donors (Lipinski definition) is 0. The molecule has 0 unspecified atom stereocenters. The van der Waals surface area contributed by atoms with Crippen molar-refractivity contribution in [1.29, 1.82) is 0 Å². The molecule has 0 aliphatic carbocycles. The zero-order valence-electron chi connectivity index (χ0n) is 6.83. The van der Waals surface area contributed by atoms with E-state index in [2.05, 4.69) is 4.99 Å². The van der Waals surface area contributed by atoms with E-state index in [0.717, 1.165) is 6.08 Å². The highest BCUT2D eigenvalue weighted by atomic mass is 19.2. The summed E-state index contributed by atoms with van der Waals surface area (Å²) in [5.41, 5.74) is -2.33. The molecule has 0 bridgehead atoms. The Morgan fingerprint density at radius 3 is 2.40 bits per heavy atom. The maximum absolute atomic E-state index is 12.9. The van der Waals surface area contributed by atoms with Crippen LogP contribution in [0.2, 0.25) is 0 Å². The minimum absolute atomic E-state index is 0.238. The second-order valence-corrected chi connectivity index (χ2v) is 2.31. The number of benzene rings is 1. The van der Waals surface area contributed by atoms with Gasteiger partial charge in [-0.25, -0.2) is 13.6 Å². The lowest BCUT2D eigenvalue weighted by Gasteiger charge is -1.99. The van der Waals surface area contributed by atoms with Crippen molar-refractivity contribution < 1.29 is 22.9 Å². The molecule has 1 aromatic rings. The van der Waals surface area contributed by atoms with Gasteiger partial charge in [-0.15, -0.1) is 0 Å². The van der Waals surface area contributed by atoms with Gasteiger partial charge in [-0.1, -0.05) is 0 Å². The molecule has 0 aliphatic heterocycles. The molecule has 78 valence electrons. The Labute approximate surface area is 80.0 Å². The topological polar surface area (TPSA) is 72.6 Å². The SMILES string of the molecule is O=C=Nc1cc(F)c(F)c(F)c1[N+](=O)[O-]. The minimum atomic E-state index is -2.01. The van der Waals surface area contributed by atoms with Gasteiger partial charge >= 0.3 is 5.69 Å². The van der Waals surface area contributed by atoms with Gasteiger partial charge < -0.3 is 0 Å². The quantitative estimate of drug-likeness (QED) is 0.250. The molecule has 0 amide bonds. The predicted molar refractivity (Wildman–Crippen MR) is 40.8 cm³/mol. The minimum Gasteiger partial charge on any atom is -0.258 e. The number of carbonyl (C=O) groups excluding carboxylic acids is 1. The highest BCUT2D eigenvalue weighted by Crippen LogP contribution is 2.32. The second-order valence-electron chi connectivity index (χ2n) is 2.31. The molecule has 0 heterocycles. The van der Waals surface area contributed by atoms with E-state index in [1.807, 2.05) is 0 Å². The summed E-state index contributed by atoms with van der Waals surface area (Å²) in [7, 11) is 0. The van der Waals surface area contributed by atoms with Crippen LogP contribution in [0, 0.1) is 27.6 Å². The van der Waals surface area contributed by atoms with Crippen molar-refractivity contribution in [3.8, 4) is 0 Å². The highest BCUT2D eigenvalue weighted by molar-refractivity contribution is 5.62. The normalized spacial score (nSPS) is 9.53. The number of nitro benzene ring substituents is 1. The van der Waals surface area contributed by atoms with Crippen LogP contribution in [0.3, 0.4) is 0 Å². The van der Waals surface area contributed by atoms with Crippen LogP contribution < -0.4 is 0 Å². The number of nitrogens with zero attached hydrogens (tertiary/aromatic N) is 2. The standard InChI is InChI=1S/C7HF3N2O3/c8-3-1-4(11-2-13)7(12(14)15)6(10)5(3)9/h1H. The fourth-order valence-corrected chi connectivity index (χ4v) is 0.881. The average Bonchev–Trinajstić information content (AvgIpc) is 2.14. The second kappa shape index (κ2) is 3.89. The number of hydrogen-bond acceptors (Lipinski definition) is 4. The first-order valence-electron chi connectivity index (χ1n) is 3.38. The fourth-order valence-electron chi connectivity index (χ4n) is 0.881. The first kappa shape index (κ1) is 10.9. The van der Waals surface area contributed by atoms with Gasteiger partial charge in [0.2, 0.25) is 17.7 Å². The first-order chi connectivity index (χ1) is 6.99. The lowest BCUT2D eigenvalue weighted by molar-refractivity contribution is -0.387. The summed E-state index contributed by atoms with van der Waals surface area (Å²) in [6.07, 6.45) is 0.868. The smallest absolute Gasteiger partial charge is 0.258 e. The fraction of sp³-hybridized carbons (Fsp3) is 0. The number of rotatable bonds is 2. The maximum atomic E-state index is 12.9. The van der Waals surface area contributed by atoms with E-state index in [1.165, 1.54) is 0 Å². The molecule has 0 radical (unpaired) electrons. The van der Waals surface area contributed by atoms with Crippen molar-refractivity contribution in [3.05, 3.63) is 33.6 Å². The lowest BCUT2D eigenvalue weighted by Crippen LogP contribution is -1.99. The Morgan fingerprint density at radius 1 is 1.33 bits per heavy atom. The summed E-state index contributed by atoms with van der Waals surface area (Å²) in [5, 5.41) is 10.3. The summed E-state index contributed by atoms with van der Waals surface area (Å²) in [6.45, 7) is 0. The van der Waals surface area contributed by atoms with Crippen molar-refractivity contribution in [2.75, 3.05) is 0 Å². The van der Waals surface area contributed by atoms with Crippen LogP contribution in [0.5, 0.6) is 0 Å². The Morgan fingerprint density at radius 2 is 1.93 bits per heavy atom. The average molecular weight is 218 g/mol. The molecule has 0 aliphatic rings. The van der Waals surface area contributed by atoms with Gasteiger partial charge in [0.15, 0.2) is 11.5 Å². The summed E-state index contributed by atoms with van der Waals surface area (Å²) in [4.78, 5) is 21.5. The van der Waals surface area contributed by atoms with E-state index in [4.69, 9.17) is 0 Å². The molecule has 5 nitrogen and oxygen atoms in total. The number of nitro groups is 1. The maximum Gasteiger partial charge on any atom is 0.334 e. The van der Waals surface area contributed by atoms with E-state index >= 15 is 0 Å². The molecule has 0 saturated heterocycles. The monoisotopic (exact) mass is 218 g/mol. The Kier molecular flexibility index (Phi) is 2.82. The zero-order chi connectivity index (χ0) is 11.6.